The van der Waals surface area contributed by atoms with E-state index >= 15 is 0 Å². The van der Waals surface area contributed by atoms with Crippen LogP contribution in [0.5, 0.6) is 0 Å². The fourth-order valence-electron chi connectivity index (χ4n) is 2.36. The van der Waals surface area contributed by atoms with Crippen LogP contribution in [0.3, 0.4) is 0 Å². The third-order valence-corrected chi connectivity index (χ3v) is 3.79. The van der Waals surface area contributed by atoms with E-state index in [0.29, 0.717) is 12.5 Å². The van der Waals surface area contributed by atoms with Gasteiger partial charge in [-0.1, -0.05) is 18.2 Å². The first-order chi connectivity index (χ1) is 11.5. The highest BCUT2D eigenvalue weighted by molar-refractivity contribution is 14.0. The van der Waals surface area contributed by atoms with Crippen molar-refractivity contribution >= 4 is 41.5 Å². The highest BCUT2D eigenvalue weighted by atomic mass is 127. The number of halogens is 1. The summed E-state index contributed by atoms with van der Waals surface area (Å²) >= 11 is 0. The Morgan fingerprint density at radius 1 is 1.20 bits per heavy atom. The van der Waals surface area contributed by atoms with Crippen LogP contribution in [0.15, 0.2) is 35.3 Å². The summed E-state index contributed by atoms with van der Waals surface area (Å²) < 4.78 is 1.86. The zero-order valence-corrected chi connectivity index (χ0v) is 17.3. The Kier molecular flexibility index (Phi) is 8.39. The topological polar surface area (TPSA) is 83.3 Å². The second-order valence-corrected chi connectivity index (χ2v) is 5.47. The maximum Gasteiger partial charge on any atom is 0.243 e. The van der Waals surface area contributed by atoms with Gasteiger partial charge in [-0.25, -0.2) is 0 Å². The number of aliphatic imine (C=N–C) groups is 1. The highest BCUT2D eigenvalue weighted by Gasteiger charge is 2.10. The Hall–Kier alpha value is -2.10. The van der Waals surface area contributed by atoms with Gasteiger partial charge in [-0.15, -0.1) is 24.0 Å². The number of guanidine groups is 1. The van der Waals surface area contributed by atoms with Gasteiger partial charge < -0.3 is 16.0 Å². The first-order valence-electron chi connectivity index (χ1n) is 7.79. The summed E-state index contributed by atoms with van der Waals surface area (Å²) in [4.78, 5) is 16.1. The fourth-order valence-corrected chi connectivity index (χ4v) is 2.36. The smallest absolute Gasteiger partial charge is 0.243 e. The normalized spacial score (nSPS) is 10.8. The molecule has 0 aliphatic rings. The zero-order chi connectivity index (χ0) is 17.5. The Morgan fingerprint density at radius 2 is 1.88 bits per heavy atom. The van der Waals surface area contributed by atoms with E-state index in [2.05, 4.69) is 26.0 Å². The van der Waals surface area contributed by atoms with Gasteiger partial charge in [-0.3, -0.25) is 14.5 Å². The van der Waals surface area contributed by atoms with Crippen molar-refractivity contribution in [3.05, 3.63) is 47.3 Å². The lowest BCUT2D eigenvalue weighted by atomic mass is 10.2. The highest BCUT2D eigenvalue weighted by Crippen LogP contribution is 2.11. The maximum absolute atomic E-state index is 11.9. The number of carbonyl (C=O) groups is 1. The molecule has 25 heavy (non-hydrogen) atoms. The van der Waals surface area contributed by atoms with Crippen molar-refractivity contribution in [1.29, 1.82) is 0 Å². The number of amides is 1. The van der Waals surface area contributed by atoms with Gasteiger partial charge in [-0.05, 0) is 26.0 Å². The summed E-state index contributed by atoms with van der Waals surface area (Å²) in [6, 6.07) is 9.35. The Balaban J connectivity index is 0.00000312. The molecule has 1 aromatic heterocycles. The molecule has 0 saturated carbocycles. The quantitative estimate of drug-likeness (QED) is 0.365. The number of nitrogens with zero attached hydrogens (tertiary/aromatic N) is 3. The maximum atomic E-state index is 11.9. The fraction of sp³-hybridized carbons (Fsp3) is 0.353. The van der Waals surface area contributed by atoms with Crippen molar-refractivity contribution < 1.29 is 4.79 Å². The first kappa shape index (κ1) is 20.9. The van der Waals surface area contributed by atoms with Gasteiger partial charge in [0.15, 0.2) is 5.96 Å². The lowest BCUT2D eigenvalue weighted by Gasteiger charge is -2.12. The average molecular weight is 456 g/mol. The number of carbonyl (C=O) groups excluding carboxylic acids is 1. The molecule has 7 nitrogen and oxygen atoms in total. The van der Waals surface area contributed by atoms with E-state index in [-0.39, 0.29) is 36.4 Å². The van der Waals surface area contributed by atoms with Crippen LogP contribution in [0.4, 0.5) is 5.69 Å². The van der Waals surface area contributed by atoms with Crippen LogP contribution in [0.2, 0.25) is 0 Å². The van der Waals surface area contributed by atoms with Gasteiger partial charge in [0.25, 0.3) is 0 Å². The van der Waals surface area contributed by atoms with E-state index in [1.807, 2.05) is 55.9 Å². The molecule has 8 heteroatoms. The summed E-state index contributed by atoms with van der Waals surface area (Å²) in [5, 5.41) is 13.4. The Labute approximate surface area is 165 Å². The van der Waals surface area contributed by atoms with E-state index in [1.165, 1.54) is 0 Å². The minimum Gasteiger partial charge on any atom is -0.352 e. The number of hydrogen-bond acceptors (Lipinski definition) is 3. The molecular weight excluding hydrogens is 431 g/mol. The number of rotatable bonds is 5. The number of anilines is 1. The molecule has 2 aromatic rings. The molecule has 0 saturated heterocycles. The van der Waals surface area contributed by atoms with E-state index in [0.717, 1.165) is 22.6 Å². The molecule has 3 N–H and O–H groups in total. The van der Waals surface area contributed by atoms with Crippen molar-refractivity contribution in [2.24, 2.45) is 12.0 Å². The molecule has 0 aliphatic carbocycles. The van der Waals surface area contributed by atoms with Crippen LogP contribution in [0.1, 0.15) is 17.0 Å². The van der Waals surface area contributed by atoms with Crippen molar-refractivity contribution in [2.45, 2.75) is 20.4 Å². The summed E-state index contributed by atoms with van der Waals surface area (Å²) in [5.74, 6) is 0.443. The number of benzene rings is 1. The van der Waals surface area contributed by atoms with Gasteiger partial charge in [-0.2, -0.15) is 5.10 Å². The van der Waals surface area contributed by atoms with Crippen molar-refractivity contribution in [1.82, 2.24) is 20.4 Å². The minimum absolute atomic E-state index is 0. The molecule has 1 aromatic carbocycles. The van der Waals surface area contributed by atoms with E-state index < -0.39 is 0 Å². The van der Waals surface area contributed by atoms with E-state index in [9.17, 15) is 4.79 Å². The van der Waals surface area contributed by atoms with Crippen LogP contribution >= 0.6 is 24.0 Å². The molecule has 2 rings (SSSR count). The second kappa shape index (κ2) is 10.0. The largest absolute Gasteiger partial charge is 0.352 e. The van der Waals surface area contributed by atoms with Gasteiger partial charge in [0.05, 0.1) is 12.2 Å². The molecule has 0 radical (unpaired) electrons. The van der Waals surface area contributed by atoms with Crippen molar-refractivity contribution in [2.75, 3.05) is 18.9 Å². The molecule has 136 valence electrons. The van der Waals surface area contributed by atoms with Crippen LogP contribution < -0.4 is 16.0 Å². The minimum atomic E-state index is -0.127. The van der Waals surface area contributed by atoms with Crippen LogP contribution in [0, 0.1) is 13.8 Å². The summed E-state index contributed by atoms with van der Waals surface area (Å²) in [6.45, 7) is 4.75. The molecular formula is C17H25IN6O. The molecule has 1 amide bonds. The number of para-hydroxylation sites is 1. The molecule has 1 heterocycles. The molecule has 0 spiro atoms. The lowest BCUT2D eigenvalue weighted by Crippen LogP contribution is -2.41. The Morgan fingerprint density at radius 3 is 2.44 bits per heavy atom. The van der Waals surface area contributed by atoms with Gasteiger partial charge in [0, 0.05) is 37.6 Å². The lowest BCUT2D eigenvalue weighted by molar-refractivity contribution is -0.115. The number of aromatic nitrogens is 2. The molecule has 0 aliphatic heterocycles. The second-order valence-electron chi connectivity index (χ2n) is 5.47. The third-order valence-electron chi connectivity index (χ3n) is 3.79. The molecule has 0 bridgehead atoms. The predicted octanol–water partition coefficient (Wildman–Crippen LogP) is 1.96. The standard InChI is InChI=1S/C17H24N6O.HI/c1-12-15(13(2)23(4)22-12)10-19-17(18-3)20-11-16(24)21-14-8-6-5-7-9-14;/h5-9H,10-11H2,1-4H3,(H,21,24)(H2,18,19,20);1H. The van der Waals surface area contributed by atoms with E-state index in [4.69, 9.17) is 0 Å². The Bertz CT molecular complexity index is 726. The monoisotopic (exact) mass is 456 g/mol. The van der Waals surface area contributed by atoms with Gasteiger partial charge in [0.2, 0.25) is 5.91 Å². The predicted molar refractivity (Wildman–Crippen MR) is 111 cm³/mol. The van der Waals surface area contributed by atoms with Gasteiger partial charge in [0.1, 0.15) is 0 Å². The van der Waals surface area contributed by atoms with Gasteiger partial charge >= 0.3 is 0 Å². The summed E-state index contributed by atoms with van der Waals surface area (Å²) in [7, 11) is 3.60. The number of aryl methyl sites for hydroxylation is 2. The molecule has 0 fully saturated rings. The van der Waals surface area contributed by atoms with Crippen LogP contribution in [0.25, 0.3) is 0 Å². The number of hydrogen-bond donors (Lipinski definition) is 3. The van der Waals surface area contributed by atoms with Crippen molar-refractivity contribution in [3.8, 4) is 0 Å². The average Bonchev–Trinajstić information content (AvgIpc) is 2.81. The molecule has 0 unspecified atom stereocenters. The zero-order valence-electron chi connectivity index (χ0n) is 15.0. The summed E-state index contributed by atoms with van der Waals surface area (Å²) in [6.07, 6.45) is 0. The SMILES string of the molecule is CN=C(NCC(=O)Nc1ccccc1)NCc1c(C)nn(C)c1C.I. The van der Waals surface area contributed by atoms with Crippen LogP contribution in [-0.4, -0.2) is 35.2 Å². The number of nitrogens with one attached hydrogen (secondary N) is 3. The third kappa shape index (κ3) is 6.04. The molecule has 0 atom stereocenters. The summed E-state index contributed by atoms with van der Waals surface area (Å²) in [5.41, 5.74) is 4.00. The van der Waals surface area contributed by atoms with Crippen LogP contribution in [-0.2, 0) is 18.4 Å². The van der Waals surface area contributed by atoms with Crippen molar-refractivity contribution in [3.63, 3.8) is 0 Å². The van der Waals surface area contributed by atoms with E-state index in [1.54, 1.807) is 7.05 Å². The first-order valence-corrected chi connectivity index (χ1v) is 7.79.